The van der Waals surface area contributed by atoms with Crippen molar-refractivity contribution in [3.05, 3.63) is 90.6 Å². The first-order chi connectivity index (χ1) is 12.6. The summed E-state index contributed by atoms with van der Waals surface area (Å²) in [6.07, 6.45) is 1.87. The lowest BCUT2D eigenvalue weighted by Gasteiger charge is -2.08. The van der Waals surface area contributed by atoms with Crippen LogP contribution in [0.25, 0.3) is 22.0 Å². The minimum atomic E-state index is -3.56. The first-order valence-corrected chi connectivity index (χ1v) is 9.81. The Morgan fingerprint density at radius 2 is 1.54 bits per heavy atom. The molecule has 0 fully saturated rings. The molecule has 0 saturated heterocycles. The van der Waals surface area contributed by atoms with Crippen molar-refractivity contribution in [2.75, 3.05) is 0 Å². The Bertz CT molecular complexity index is 1130. The predicted molar refractivity (Wildman–Crippen MR) is 104 cm³/mol. The molecule has 1 aromatic heterocycles. The standard InChI is InChI=1S/C21H18N2O2S/c24-26(25,23-15-16-6-11-21-19(14-16)12-13-22-21)20-9-7-18(8-10-20)17-4-2-1-3-5-17/h1-14,22-23H,15H2. The van der Waals surface area contributed by atoms with Gasteiger partial charge in [-0.2, -0.15) is 0 Å². The van der Waals surface area contributed by atoms with E-state index in [-0.39, 0.29) is 11.4 Å². The van der Waals surface area contributed by atoms with Crippen LogP contribution >= 0.6 is 0 Å². The molecule has 0 aliphatic carbocycles. The first-order valence-electron chi connectivity index (χ1n) is 8.33. The van der Waals surface area contributed by atoms with Crippen molar-refractivity contribution in [3.63, 3.8) is 0 Å². The largest absolute Gasteiger partial charge is 0.361 e. The maximum atomic E-state index is 12.5. The van der Waals surface area contributed by atoms with Gasteiger partial charge in [0.15, 0.2) is 0 Å². The average Bonchev–Trinajstić information content (AvgIpc) is 3.15. The monoisotopic (exact) mass is 362 g/mol. The van der Waals surface area contributed by atoms with Crippen LogP contribution in [0.1, 0.15) is 5.56 Å². The van der Waals surface area contributed by atoms with Gasteiger partial charge in [0.05, 0.1) is 4.90 Å². The van der Waals surface area contributed by atoms with E-state index in [0.29, 0.717) is 0 Å². The molecule has 1 heterocycles. The van der Waals surface area contributed by atoms with Gasteiger partial charge < -0.3 is 4.98 Å². The van der Waals surface area contributed by atoms with E-state index in [1.54, 1.807) is 12.1 Å². The molecule has 130 valence electrons. The van der Waals surface area contributed by atoms with E-state index in [2.05, 4.69) is 9.71 Å². The van der Waals surface area contributed by atoms with Crippen LogP contribution in [0.2, 0.25) is 0 Å². The molecule has 0 amide bonds. The quantitative estimate of drug-likeness (QED) is 0.556. The van der Waals surface area contributed by atoms with E-state index in [9.17, 15) is 8.42 Å². The number of benzene rings is 3. The minimum absolute atomic E-state index is 0.254. The molecule has 5 heteroatoms. The van der Waals surface area contributed by atoms with E-state index in [0.717, 1.165) is 27.6 Å². The summed E-state index contributed by atoms with van der Waals surface area (Å²) in [4.78, 5) is 3.39. The lowest BCUT2D eigenvalue weighted by atomic mass is 10.1. The van der Waals surface area contributed by atoms with Crippen LogP contribution in [-0.2, 0) is 16.6 Å². The zero-order chi connectivity index (χ0) is 18.0. The molecule has 0 aliphatic rings. The normalized spacial score (nSPS) is 11.7. The van der Waals surface area contributed by atoms with E-state index in [1.165, 1.54) is 0 Å². The molecule has 4 rings (SSSR count). The van der Waals surface area contributed by atoms with Gasteiger partial charge in [0.2, 0.25) is 10.0 Å². The molecule has 0 spiro atoms. The number of rotatable bonds is 5. The Balaban J connectivity index is 1.50. The second-order valence-corrected chi connectivity index (χ2v) is 7.88. The fraction of sp³-hybridized carbons (Fsp3) is 0.0476. The van der Waals surface area contributed by atoms with Crippen molar-refractivity contribution in [1.29, 1.82) is 0 Å². The zero-order valence-corrected chi connectivity index (χ0v) is 14.8. The fourth-order valence-corrected chi connectivity index (χ4v) is 3.95. The number of hydrogen-bond acceptors (Lipinski definition) is 2. The molecule has 4 aromatic rings. The summed E-state index contributed by atoms with van der Waals surface area (Å²) in [7, 11) is -3.56. The van der Waals surface area contributed by atoms with Gasteiger partial charge in [0.1, 0.15) is 0 Å². The maximum Gasteiger partial charge on any atom is 0.240 e. The van der Waals surface area contributed by atoms with Gasteiger partial charge in [-0.05, 0) is 52.4 Å². The molecule has 0 aliphatic heterocycles. The van der Waals surface area contributed by atoms with Crippen molar-refractivity contribution in [2.45, 2.75) is 11.4 Å². The molecular weight excluding hydrogens is 344 g/mol. The number of sulfonamides is 1. The third kappa shape index (κ3) is 3.40. The molecular formula is C21H18N2O2S. The summed E-state index contributed by atoms with van der Waals surface area (Å²) in [6.45, 7) is 0.254. The summed E-state index contributed by atoms with van der Waals surface area (Å²) in [6, 6.07) is 24.6. The number of hydrogen-bond donors (Lipinski definition) is 2. The molecule has 0 saturated carbocycles. The molecule has 2 N–H and O–H groups in total. The summed E-state index contributed by atoms with van der Waals surface area (Å²) in [5.74, 6) is 0. The molecule has 4 nitrogen and oxygen atoms in total. The predicted octanol–water partition coefficient (Wildman–Crippen LogP) is 4.31. The van der Waals surface area contributed by atoms with Crippen LogP contribution in [0.15, 0.2) is 90.0 Å². The van der Waals surface area contributed by atoms with Gasteiger partial charge in [0.25, 0.3) is 0 Å². The van der Waals surface area contributed by atoms with Crippen molar-refractivity contribution >= 4 is 20.9 Å². The molecule has 0 unspecified atom stereocenters. The lowest BCUT2D eigenvalue weighted by molar-refractivity contribution is 0.581. The van der Waals surface area contributed by atoms with Crippen LogP contribution in [0.4, 0.5) is 0 Å². The van der Waals surface area contributed by atoms with E-state index in [1.807, 2.05) is 72.9 Å². The third-order valence-electron chi connectivity index (χ3n) is 4.36. The van der Waals surface area contributed by atoms with Gasteiger partial charge in [-0.15, -0.1) is 0 Å². The summed E-state index contributed by atoms with van der Waals surface area (Å²) in [5.41, 5.74) is 4.00. The number of aromatic amines is 1. The van der Waals surface area contributed by atoms with Crippen LogP contribution in [0.3, 0.4) is 0 Å². The van der Waals surface area contributed by atoms with Crippen molar-refractivity contribution in [3.8, 4) is 11.1 Å². The highest BCUT2D eigenvalue weighted by molar-refractivity contribution is 7.89. The number of H-pyrrole nitrogens is 1. The highest BCUT2D eigenvalue weighted by Crippen LogP contribution is 2.21. The zero-order valence-electron chi connectivity index (χ0n) is 14.0. The first kappa shape index (κ1) is 16.6. The fourth-order valence-electron chi connectivity index (χ4n) is 2.93. The maximum absolute atomic E-state index is 12.5. The Morgan fingerprint density at radius 1 is 0.808 bits per heavy atom. The smallest absolute Gasteiger partial charge is 0.240 e. The summed E-state index contributed by atoms with van der Waals surface area (Å²) >= 11 is 0. The van der Waals surface area contributed by atoms with Crippen molar-refractivity contribution < 1.29 is 8.42 Å². The van der Waals surface area contributed by atoms with Gasteiger partial charge >= 0.3 is 0 Å². The molecule has 0 radical (unpaired) electrons. The van der Waals surface area contributed by atoms with Gasteiger partial charge in [-0.25, -0.2) is 13.1 Å². The van der Waals surface area contributed by atoms with Crippen LogP contribution in [0, 0.1) is 0 Å². The Morgan fingerprint density at radius 3 is 2.31 bits per heavy atom. The second kappa shape index (κ2) is 6.78. The van der Waals surface area contributed by atoms with Crippen LogP contribution in [-0.4, -0.2) is 13.4 Å². The molecule has 3 aromatic carbocycles. The van der Waals surface area contributed by atoms with E-state index in [4.69, 9.17) is 0 Å². The number of aromatic nitrogens is 1. The number of fused-ring (bicyclic) bond motifs is 1. The Kier molecular flexibility index (Phi) is 4.32. The Labute approximate surface area is 152 Å². The van der Waals surface area contributed by atoms with Gasteiger partial charge in [-0.1, -0.05) is 48.5 Å². The molecule has 26 heavy (non-hydrogen) atoms. The van der Waals surface area contributed by atoms with E-state index >= 15 is 0 Å². The molecule has 0 atom stereocenters. The average molecular weight is 362 g/mol. The van der Waals surface area contributed by atoms with E-state index < -0.39 is 10.0 Å². The van der Waals surface area contributed by atoms with Gasteiger partial charge in [0, 0.05) is 18.3 Å². The third-order valence-corrected chi connectivity index (χ3v) is 5.77. The minimum Gasteiger partial charge on any atom is -0.361 e. The Hall–Kier alpha value is -2.89. The molecule has 0 bridgehead atoms. The highest BCUT2D eigenvalue weighted by atomic mass is 32.2. The van der Waals surface area contributed by atoms with Crippen LogP contribution < -0.4 is 4.72 Å². The highest BCUT2D eigenvalue weighted by Gasteiger charge is 2.14. The van der Waals surface area contributed by atoms with Crippen LogP contribution in [0.5, 0.6) is 0 Å². The summed E-state index contributed by atoms with van der Waals surface area (Å²) < 4.78 is 27.8. The van der Waals surface area contributed by atoms with Crippen molar-refractivity contribution in [2.24, 2.45) is 0 Å². The summed E-state index contributed by atoms with van der Waals surface area (Å²) in [5, 5.41) is 1.06. The van der Waals surface area contributed by atoms with Crippen molar-refractivity contribution in [1.82, 2.24) is 9.71 Å². The topological polar surface area (TPSA) is 62.0 Å². The number of nitrogens with one attached hydrogen (secondary N) is 2. The SMILES string of the molecule is O=S(=O)(NCc1ccc2[nH]ccc2c1)c1ccc(-c2ccccc2)cc1. The lowest BCUT2D eigenvalue weighted by Crippen LogP contribution is -2.23. The van der Waals surface area contributed by atoms with Gasteiger partial charge in [-0.3, -0.25) is 0 Å². The second-order valence-electron chi connectivity index (χ2n) is 6.11.